The molecule has 1 atom stereocenters. The molecule has 0 aliphatic heterocycles. The van der Waals surface area contributed by atoms with E-state index in [1.165, 1.54) is 11.1 Å². The van der Waals surface area contributed by atoms with Crippen molar-refractivity contribution < 1.29 is 8.78 Å². The second-order valence-electron chi connectivity index (χ2n) is 4.58. The molecule has 0 aliphatic carbocycles. The van der Waals surface area contributed by atoms with Gasteiger partial charge in [0.2, 0.25) is 0 Å². The third-order valence-corrected chi connectivity index (χ3v) is 3.53. The zero-order chi connectivity index (χ0) is 13.1. The van der Waals surface area contributed by atoms with Gasteiger partial charge in [0.05, 0.1) is 6.54 Å². The molecule has 1 aromatic rings. The molecule has 0 aliphatic rings. The number of benzene rings is 1. The third-order valence-electron chi connectivity index (χ3n) is 2.67. The van der Waals surface area contributed by atoms with E-state index in [9.17, 15) is 8.78 Å². The maximum Gasteiger partial charge on any atom is 0.257 e. The summed E-state index contributed by atoms with van der Waals surface area (Å²) in [7, 11) is 0. The van der Waals surface area contributed by atoms with Gasteiger partial charge in [-0.3, -0.25) is 0 Å². The van der Waals surface area contributed by atoms with Crippen LogP contribution >= 0.6 is 15.9 Å². The van der Waals surface area contributed by atoms with Crippen LogP contribution in [0.2, 0.25) is 0 Å². The molecule has 1 N–H and O–H groups in total. The normalized spacial score (nSPS) is 13.8. The number of rotatable bonds is 5. The Labute approximate surface area is 110 Å². The summed E-state index contributed by atoms with van der Waals surface area (Å²) in [5.41, 5.74) is 2.35. The zero-order valence-corrected chi connectivity index (χ0v) is 11.9. The maximum atomic E-state index is 12.7. The van der Waals surface area contributed by atoms with E-state index in [-0.39, 0.29) is 12.6 Å². The molecule has 1 unspecified atom stereocenters. The van der Waals surface area contributed by atoms with E-state index in [2.05, 4.69) is 21.2 Å². The molecule has 0 saturated carbocycles. The first-order valence-corrected chi connectivity index (χ1v) is 6.44. The standard InChI is InChI=1S/C13H18BrF2N/c1-9(17-8-13(3,15)16)7-11-5-4-6-12(14)10(11)2/h4-6,9,17H,7-8H2,1-3H3. The molecule has 0 aromatic heterocycles. The predicted octanol–water partition coefficient (Wildman–Crippen LogP) is 3.93. The molecule has 1 rings (SSSR count). The summed E-state index contributed by atoms with van der Waals surface area (Å²) in [6.45, 7) is 4.60. The number of halogens is 3. The van der Waals surface area contributed by atoms with Crippen LogP contribution < -0.4 is 5.32 Å². The molecule has 0 fully saturated rings. The van der Waals surface area contributed by atoms with E-state index in [4.69, 9.17) is 0 Å². The average molecular weight is 306 g/mol. The maximum absolute atomic E-state index is 12.7. The Kier molecular flexibility index (Phi) is 5.07. The van der Waals surface area contributed by atoms with Gasteiger partial charge in [-0.25, -0.2) is 8.78 Å². The predicted molar refractivity (Wildman–Crippen MR) is 70.7 cm³/mol. The first kappa shape index (κ1) is 14.6. The van der Waals surface area contributed by atoms with Crippen molar-refractivity contribution in [1.29, 1.82) is 0 Å². The lowest BCUT2D eigenvalue weighted by atomic mass is 10.0. The number of hydrogen-bond donors (Lipinski definition) is 1. The molecule has 96 valence electrons. The van der Waals surface area contributed by atoms with Crippen LogP contribution in [-0.2, 0) is 6.42 Å². The van der Waals surface area contributed by atoms with Crippen molar-refractivity contribution in [2.75, 3.05) is 6.54 Å². The van der Waals surface area contributed by atoms with E-state index in [1.54, 1.807) is 0 Å². The van der Waals surface area contributed by atoms with Gasteiger partial charge in [0.25, 0.3) is 5.92 Å². The molecule has 0 heterocycles. The first-order valence-electron chi connectivity index (χ1n) is 5.65. The lowest BCUT2D eigenvalue weighted by Gasteiger charge is -2.18. The number of alkyl halides is 2. The van der Waals surface area contributed by atoms with Crippen LogP contribution in [0.3, 0.4) is 0 Å². The minimum absolute atomic E-state index is 0.0359. The molecule has 1 nitrogen and oxygen atoms in total. The summed E-state index contributed by atoms with van der Waals surface area (Å²) in [6, 6.07) is 6.02. The van der Waals surface area contributed by atoms with Crippen molar-refractivity contribution in [2.24, 2.45) is 0 Å². The van der Waals surface area contributed by atoms with Gasteiger partial charge in [0.15, 0.2) is 0 Å². The van der Waals surface area contributed by atoms with Gasteiger partial charge in [-0.05, 0) is 37.5 Å². The zero-order valence-electron chi connectivity index (χ0n) is 10.4. The van der Waals surface area contributed by atoms with E-state index >= 15 is 0 Å². The van der Waals surface area contributed by atoms with Crippen LogP contribution in [0.1, 0.15) is 25.0 Å². The molecule has 17 heavy (non-hydrogen) atoms. The quantitative estimate of drug-likeness (QED) is 0.869. The van der Waals surface area contributed by atoms with Gasteiger partial charge in [-0.2, -0.15) is 0 Å². The largest absolute Gasteiger partial charge is 0.308 e. The van der Waals surface area contributed by atoms with Crippen LogP contribution in [0.25, 0.3) is 0 Å². The highest BCUT2D eigenvalue weighted by atomic mass is 79.9. The molecule has 0 saturated heterocycles. The summed E-state index contributed by atoms with van der Waals surface area (Å²) >= 11 is 3.47. The highest BCUT2D eigenvalue weighted by Gasteiger charge is 2.21. The smallest absolute Gasteiger partial charge is 0.257 e. The summed E-state index contributed by atoms with van der Waals surface area (Å²) < 4.78 is 26.4. The Bertz CT molecular complexity index is 374. The molecule has 0 amide bonds. The van der Waals surface area contributed by atoms with Crippen molar-refractivity contribution in [3.63, 3.8) is 0 Å². The second-order valence-corrected chi connectivity index (χ2v) is 5.43. The summed E-state index contributed by atoms with van der Waals surface area (Å²) in [4.78, 5) is 0. The Hall–Kier alpha value is -0.480. The van der Waals surface area contributed by atoms with Gasteiger partial charge in [0.1, 0.15) is 0 Å². The highest BCUT2D eigenvalue weighted by molar-refractivity contribution is 9.10. The molecule has 0 bridgehead atoms. The van der Waals surface area contributed by atoms with Gasteiger partial charge in [-0.15, -0.1) is 0 Å². The van der Waals surface area contributed by atoms with Crippen molar-refractivity contribution in [3.05, 3.63) is 33.8 Å². The van der Waals surface area contributed by atoms with Gasteiger partial charge >= 0.3 is 0 Å². The van der Waals surface area contributed by atoms with Crippen molar-refractivity contribution >= 4 is 15.9 Å². The summed E-state index contributed by atoms with van der Waals surface area (Å²) in [5, 5.41) is 2.85. The fourth-order valence-corrected chi connectivity index (χ4v) is 2.04. The molecule has 0 spiro atoms. The van der Waals surface area contributed by atoms with Gasteiger partial charge in [0, 0.05) is 17.4 Å². The minimum atomic E-state index is -2.65. The van der Waals surface area contributed by atoms with Crippen molar-refractivity contribution in [1.82, 2.24) is 5.32 Å². The van der Waals surface area contributed by atoms with E-state index in [0.29, 0.717) is 0 Å². The van der Waals surface area contributed by atoms with Crippen LogP contribution in [0.4, 0.5) is 8.78 Å². The summed E-state index contributed by atoms with van der Waals surface area (Å²) in [5.74, 6) is -2.65. The van der Waals surface area contributed by atoms with Crippen molar-refractivity contribution in [2.45, 2.75) is 39.2 Å². The van der Waals surface area contributed by atoms with E-state index in [1.807, 2.05) is 32.0 Å². The van der Waals surface area contributed by atoms with Crippen molar-refractivity contribution in [3.8, 4) is 0 Å². The van der Waals surface area contributed by atoms with Crippen LogP contribution in [0, 0.1) is 6.92 Å². The monoisotopic (exact) mass is 305 g/mol. The van der Waals surface area contributed by atoms with Crippen LogP contribution in [0.15, 0.2) is 22.7 Å². The Morgan fingerprint density at radius 2 is 2.06 bits per heavy atom. The Balaban J connectivity index is 2.56. The highest BCUT2D eigenvalue weighted by Crippen LogP contribution is 2.20. The summed E-state index contributed by atoms with van der Waals surface area (Å²) in [6.07, 6.45) is 0.751. The number of hydrogen-bond acceptors (Lipinski definition) is 1. The topological polar surface area (TPSA) is 12.0 Å². The molecule has 1 aromatic carbocycles. The van der Waals surface area contributed by atoms with Crippen LogP contribution in [0.5, 0.6) is 0 Å². The van der Waals surface area contributed by atoms with Crippen LogP contribution in [-0.4, -0.2) is 18.5 Å². The Morgan fingerprint density at radius 1 is 1.41 bits per heavy atom. The molecule has 4 heteroatoms. The van der Waals surface area contributed by atoms with Gasteiger partial charge in [-0.1, -0.05) is 28.1 Å². The molecular formula is C13H18BrF2N. The third kappa shape index (κ3) is 5.13. The van der Waals surface area contributed by atoms with Gasteiger partial charge < -0.3 is 5.32 Å². The second kappa shape index (κ2) is 5.91. The molecule has 0 radical (unpaired) electrons. The fraction of sp³-hybridized carbons (Fsp3) is 0.538. The SMILES string of the molecule is Cc1c(Br)cccc1CC(C)NCC(C)(F)F. The fourth-order valence-electron chi connectivity index (χ4n) is 1.63. The molecular weight excluding hydrogens is 288 g/mol. The Morgan fingerprint density at radius 3 is 2.65 bits per heavy atom. The van der Waals surface area contributed by atoms with E-state index < -0.39 is 5.92 Å². The first-order chi connectivity index (χ1) is 7.79. The lowest BCUT2D eigenvalue weighted by molar-refractivity contribution is 0.0204. The minimum Gasteiger partial charge on any atom is -0.308 e. The van der Waals surface area contributed by atoms with E-state index in [0.717, 1.165) is 17.8 Å². The number of nitrogens with one attached hydrogen (secondary N) is 1. The lowest BCUT2D eigenvalue weighted by Crippen LogP contribution is -2.37. The average Bonchev–Trinajstić information content (AvgIpc) is 2.21.